The molecule has 2 unspecified atom stereocenters. The predicted molar refractivity (Wildman–Crippen MR) is 104 cm³/mol. The van der Waals surface area contributed by atoms with Gasteiger partial charge in [-0.1, -0.05) is 25.1 Å². The fourth-order valence-electron chi connectivity index (χ4n) is 4.05. The lowest BCUT2D eigenvalue weighted by Gasteiger charge is -2.29. The third-order valence-electron chi connectivity index (χ3n) is 5.55. The number of carbonyl (C=O) groups excluding carboxylic acids is 3. The monoisotopic (exact) mass is 386 g/mol. The second kappa shape index (κ2) is 6.71. The molecular weight excluding hydrogens is 364 g/mol. The number of nitrogens with zero attached hydrogens (tertiary/aromatic N) is 1. The van der Waals surface area contributed by atoms with Gasteiger partial charge in [0.1, 0.15) is 6.04 Å². The summed E-state index contributed by atoms with van der Waals surface area (Å²) in [7, 11) is 0. The van der Waals surface area contributed by atoms with Crippen molar-refractivity contribution in [3.05, 3.63) is 35.5 Å². The zero-order valence-electron chi connectivity index (χ0n) is 15.4. The van der Waals surface area contributed by atoms with Crippen molar-refractivity contribution >= 4 is 40.3 Å². The maximum Gasteiger partial charge on any atom is 0.330 e. The number of hydrogen-bond acceptors (Lipinski definition) is 5. The van der Waals surface area contributed by atoms with Gasteiger partial charge in [-0.2, -0.15) is 0 Å². The standard InChI is InChI=1S/C20H22N2O4S/c1-3-12-5-4-6-13-14(9-21-18(12)13)16(23)10-26-19(25)15-11-27-20(2)8-7-17(24)22(15)20/h4-6,9,15,21H,3,7-8,10-11H2,1-2H3. The Bertz CT molecular complexity index is 937. The Balaban J connectivity index is 1.46. The van der Waals surface area contributed by atoms with Gasteiger partial charge in [-0.15, -0.1) is 11.8 Å². The maximum absolute atomic E-state index is 12.6. The summed E-state index contributed by atoms with van der Waals surface area (Å²) in [4.78, 5) is 41.8. The average molecular weight is 386 g/mol. The van der Waals surface area contributed by atoms with E-state index in [-0.39, 0.29) is 23.2 Å². The Morgan fingerprint density at radius 2 is 2.22 bits per heavy atom. The van der Waals surface area contributed by atoms with Crippen LogP contribution in [-0.2, 0) is 20.7 Å². The van der Waals surface area contributed by atoms with Crippen molar-refractivity contribution in [1.29, 1.82) is 0 Å². The number of ketones is 1. The number of nitrogens with one attached hydrogen (secondary N) is 1. The smallest absolute Gasteiger partial charge is 0.330 e. The maximum atomic E-state index is 12.6. The summed E-state index contributed by atoms with van der Waals surface area (Å²) in [5.41, 5.74) is 2.61. The lowest BCUT2D eigenvalue weighted by molar-refractivity contribution is -0.152. The molecule has 2 atom stereocenters. The number of ether oxygens (including phenoxy) is 1. The molecule has 1 N–H and O–H groups in total. The minimum Gasteiger partial charge on any atom is -0.456 e. The zero-order valence-corrected chi connectivity index (χ0v) is 16.2. The molecule has 0 bridgehead atoms. The van der Waals surface area contributed by atoms with E-state index in [2.05, 4.69) is 11.9 Å². The van der Waals surface area contributed by atoms with Crippen molar-refractivity contribution in [2.24, 2.45) is 0 Å². The van der Waals surface area contributed by atoms with E-state index in [4.69, 9.17) is 4.74 Å². The van der Waals surface area contributed by atoms with Crippen LogP contribution in [-0.4, -0.2) is 50.8 Å². The number of benzene rings is 1. The van der Waals surface area contributed by atoms with Crippen molar-refractivity contribution in [3.63, 3.8) is 0 Å². The second-order valence-corrected chi connectivity index (χ2v) is 8.69. The number of amides is 1. The summed E-state index contributed by atoms with van der Waals surface area (Å²) in [6.07, 6.45) is 3.74. The molecule has 1 aromatic carbocycles. The SMILES string of the molecule is CCc1cccc2c(C(=O)COC(=O)C3CSC4(C)CCC(=O)N34)c[nH]c12. The van der Waals surface area contributed by atoms with E-state index in [1.165, 1.54) is 0 Å². The van der Waals surface area contributed by atoms with Gasteiger partial charge in [0.25, 0.3) is 0 Å². The van der Waals surface area contributed by atoms with E-state index in [0.29, 0.717) is 17.7 Å². The molecule has 0 radical (unpaired) electrons. The predicted octanol–water partition coefficient (Wildman–Crippen LogP) is 2.91. The second-order valence-electron chi connectivity index (χ2n) is 7.19. The molecule has 0 saturated carbocycles. The highest BCUT2D eigenvalue weighted by Crippen LogP contribution is 2.47. The number of aromatic nitrogens is 1. The van der Waals surface area contributed by atoms with Crippen LogP contribution < -0.4 is 0 Å². The molecule has 0 spiro atoms. The van der Waals surface area contributed by atoms with E-state index in [0.717, 1.165) is 29.3 Å². The van der Waals surface area contributed by atoms with Gasteiger partial charge in [0.15, 0.2) is 6.61 Å². The van der Waals surface area contributed by atoms with Crippen LogP contribution in [0.4, 0.5) is 0 Å². The first-order valence-electron chi connectivity index (χ1n) is 9.19. The molecule has 1 amide bonds. The van der Waals surface area contributed by atoms with Crippen LogP contribution in [0.25, 0.3) is 10.9 Å². The van der Waals surface area contributed by atoms with Gasteiger partial charge in [0.05, 0.1) is 4.87 Å². The molecular formula is C20H22N2O4S. The van der Waals surface area contributed by atoms with E-state index < -0.39 is 12.0 Å². The first kappa shape index (κ1) is 18.1. The van der Waals surface area contributed by atoms with Crippen molar-refractivity contribution in [1.82, 2.24) is 9.88 Å². The van der Waals surface area contributed by atoms with Crippen LogP contribution >= 0.6 is 11.8 Å². The number of aryl methyl sites for hydroxylation is 1. The van der Waals surface area contributed by atoms with Gasteiger partial charge in [-0.05, 0) is 25.3 Å². The molecule has 2 aromatic rings. The van der Waals surface area contributed by atoms with E-state index in [9.17, 15) is 14.4 Å². The number of H-pyrrole nitrogens is 1. The number of esters is 1. The molecule has 2 aliphatic heterocycles. The van der Waals surface area contributed by atoms with Crippen LogP contribution in [0, 0.1) is 0 Å². The summed E-state index contributed by atoms with van der Waals surface area (Å²) in [5, 5.41) is 0.842. The molecule has 0 aliphatic carbocycles. The largest absolute Gasteiger partial charge is 0.456 e. The number of carbonyl (C=O) groups is 3. The van der Waals surface area contributed by atoms with Crippen LogP contribution in [0.2, 0.25) is 0 Å². The number of hydrogen-bond donors (Lipinski definition) is 1. The Hall–Kier alpha value is -2.28. The highest BCUT2D eigenvalue weighted by molar-refractivity contribution is 8.01. The first-order chi connectivity index (χ1) is 12.9. The lowest BCUT2D eigenvalue weighted by Crippen LogP contribution is -2.46. The fourth-order valence-corrected chi connectivity index (χ4v) is 5.46. The highest BCUT2D eigenvalue weighted by atomic mass is 32.2. The summed E-state index contributed by atoms with van der Waals surface area (Å²) >= 11 is 1.61. The fraction of sp³-hybridized carbons (Fsp3) is 0.450. The zero-order chi connectivity index (χ0) is 19.2. The third-order valence-corrected chi connectivity index (χ3v) is 7.05. The number of thioether (sulfide) groups is 1. The van der Waals surface area contributed by atoms with E-state index >= 15 is 0 Å². The molecule has 6 nitrogen and oxygen atoms in total. The van der Waals surface area contributed by atoms with Crippen LogP contribution in [0.15, 0.2) is 24.4 Å². The van der Waals surface area contributed by atoms with Crippen molar-refractivity contribution in [2.45, 2.75) is 44.0 Å². The van der Waals surface area contributed by atoms with Gasteiger partial charge in [0, 0.05) is 34.8 Å². The number of Topliss-reactive ketones (excluding diaryl/α,β-unsaturated/α-hetero) is 1. The number of rotatable bonds is 5. The molecule has 3 heterocycles. The van der Waals surface area contributed by atoms with Gasteiger partial charge < -0.3 is 14.6 Å². The van der Waals surface area contributed by atoms with Gasteiger partial charge in [0.2, 0.25) is 11.7 Å². The van der Waals surface area contributed by atoms with Crippen molar-refractivity contribution < 1.29 is 19.1 Å². The average Bonchev–Trinajstić information content (AvgIpc) is 3.32. The van der Waals surface area contributed by atoms with Crippen LogP contribution in [0.5, 0.6) is 0 Å². The van der Waals surface area contributed by atoms with Crippen LogP contribution in [0.3, 0.4) is 0 Å². The molecule has 1 aromatic heterocycles. The normalized spacial score (nSPS) is 24.4. The Morgan fingerprint density at radius 1 is 1.41 bits per heavy atom. The minimum atomic E-state index is -0.600. The molecule has 7 heteroatoms. The number of para-hydroxylation sites is 1. The number of aromatic amines is 1. The highest BCUT2D eigenvalue weighted by Gasteiger charge is 2.53. The van der Waals surface area contributed by atoms with E-state index in [1.54, 1.807) is 22.9 Å². The Kier molecular flexibility index (Phi) is 4.50. The summed E-state index contributed by atoms with van der Waals surface area (Å²) in [5.74, 6) is -0.241. The molecule has 4 rings (SSSR count). The molecule has 27 heavy (non-hydrogen) atoms. The van der Waals surface area contributed by atoms with Crippen molar-refractivity contribution in [3.8, 4) is 0 Å². The Labute approximate surface area is 161 Å². The number of fused-ring (bicyclic) bond motifs is 2. The summed E-state index contributed by atoms with van der Waals surface area (Å²) < 4.78 is 5.31. The first-order valence-corrected chi connectivity index (χ1v) is 10.2. The minimum absolute atomic E-state index is 0.0144. The summed E-state index contributed by atoms with van der Waals surface area (Å²) in [6, 6.07) is 5.24. The van der Waals surface area contributed by atoms with Gasteiger partial charge >= 0.3 is 5.97 Å². The summed E-state index contributed by atoms with van der Waals surface area (Å²) in [6.45, 7) is 3.73. The molecule has 2 saturated heterocycles. The third kappa shape index (κ3) is 2.94. The molecule has 2 aliphatic rings. The van der Waals surface area contributed by atoms with Crippen molar-refractivity contribution in [2.75, 3.05) is 12.4 Å². The Morgan fingerprint density at radius 3 is 3.00 bits per heavy atom. The van der Waals surface area contributed by atoms with E-state index in [1.807, 2.05) is 25.1 Å². The molecule has 142 valence electrons. The van der Waals surface area contributed by atoms with Crippen LogP contribution in [0.1, 0.15) is 42.6 Å². The quantitative estimate of drug-likeness (QED) is 0.631. The lowest BCUT2D eigenvalue weighted by atomic mass is 10.1. The molecule has 2 fully saturated rings. The van der Waals surface area contributed by atoms with Gasteiger partial charge in [-0.3, -0.25) is 9.59 Å². The topological polar surface area (TPSA) is 79.5 Å². The van der Waals surface area contributed by atoms with Gasteiger partial charge in [-0.25, -0.2) is 4.79 Å².